The van der Waals surface area contributed by atoms with Crippen molar-refractivity contribution < 1.29 is 9.59 Å². The van der Waals surface area contributed by atoms with Crippen LogP contribution in [0.1, 0.15) is 53.7 Å². The number of carbonyl (C=O) groups is 2. The highest BCUT2D eigenvalue weighted by Gasteiger charge is 2.24. The number of nitrogens with zero attached hydrogens (tertiary/aromatic N) is 3. The molecule has 0 spiro atoms. The van der Waals surface area contributed by atoms with E-state index in [1.54, 1.807) is 15.6 Å². The highest BCUT2D eigenvalue weighted by atomic mass is 35.5. The Morgan fingerprint density at radius 1 is 1.24 bits per heavy atom. The molecule has 7 heteroatoms. The van der Waals surface area contributed by atoms with Gasteiger partial charge in [0.15, 0.2) is 0 Å². The van der Waals surface area contributed by atoms with Crippen LogP contribution in [0, 0.1) is 5.92 Å². The first-order chi connectivity index (χ1) is 13.5. The second-order valence-electron chi connectivity index (χ2n) is 8.49. The molecule has 0 aliphatic rings. The zero-order valence-corrected chi connectivity index (χ0v) is 18.9. The van der Waals surface area contributed by atoms with E-state index in [-0.39, 0.29) is 29.7 Å². The van der Waals surface area contributed by atoms with E-state index < -0.39 is 0 Å². The molecule has 1 aromatic heterocycles. The monoisotopic (exact) mass is 418 g/mol. The molecule has 6 nitrogen and oxygen atoms in total. The van der Waals surface area contributed by atoms with Gasteiger partial charge in [0.1, 0.15) is 5.82 Å². The Kier molecular flexibility index (Phi) is 7.47. The molecule has 0 bridgehead atoms. The Balaban J connectivity index is 2.33. The molecule has 2 rings (SSSR count). The summed E-state index contributed by atoms with van der Waals surface area (Å²) in [7, 11) is 0. The van der Waals surface area contributed by atoms with Gasteiger partial charge >= 0.3 is 0 Å². The highest BCUT2D eigenvalue weighted by Crippen LogP contribution is 2.29. The summed E-state index contributed by atoms with van der Waals surface area (Å²) in [5.41, 5.74) is 1.31. The fraction of sp³-hybridized carbons (Fsp3) is 0.500. The second kappa shape index (κ2) is 9.44. The summed E-state index contributed by atoms with van der Waals surface area (Å²) < 4.78 is 1.65. The lowest BCUT2D eigenvalue weighted by atomic mass is 9.92. The van der Waals surface area contributed by atoms with Crippen LogP contribution in [0.4, 0.5) is 5.82 Å². The highest BCUT2D eigenvalue weighted by molar-refractivity contribution is 6.32. The van der Waals surface area contributed by atoms with Gasteiger partial charge in [0.25, 0.3) is 0 Å². The number of rotatable bonds is 7. The fourth-order valence-corrected chi connectivity index (χ4v) is 3.12. The number of para-hydroxylation sites is 1. The van der Waals surface area contributed by atoms with Gasteiger partial charge in [-0.15, -0.1) is 0 Å². The lowest BCUT2D eigenvalue weighted by Crippen LogP contribution is -2.40. The molecule has 2 amide bonds. The van der Waals surface area contributed by atoms with Gasteiger partial charge in [0.05, 0.1) is 22.9 Å². The predicted molar refractivity (Wildman–Crippen MR) is 118 cm³/mol. The molecule has 0 aliphatic heterocycles. The first-order valence-corrected chi connectivity index (χ1v) is 10.4. The summed E-state index contributed by atoms with van der Waals surface area (Å²) in [6.07, 6.45) is 0.789. The number of benzene rings is 1. The lowest BCUT2D eigenvalue weighted by molar-refractivity contribution is -0.137. The van der Waals surface area contributed by atoms with E-state index in [9.17, 15) is 9.59 Å². The van der Waals surface area contributed by atoms with Crippen molar-refractivity contribution in [2.75, 3.05) is 18.4 Å². The summed E-state index contributed by atoms with van der Waals surface area (Å²) in [5, 5.41) is 8.14. The van der Waals surface area contributed by atoms with Crippen LogP contribution in [0.15, 0.2) is 30.3 Å². The Hall–Kier alpha value is -2.34. The zero-order valence-electron chi connectivity index (χ0n) is 18.1. The molecule has 1 aromatic carbocycles. The third-order valence-corrected chi connectivity index (χ3v) is 4.78. The standard InChI is InChI=1S/C22H31ClN4O2/c1-7-12-26(21(29)15(2)3)14-20(28)24-19-13-18(22(4,5)6)25-27(19)17-11-9-8-10-16(17)23/h8-11,13,15H,7,12,14H2,1-6H3,(H,24,28). The maximum absolute atomic E-state index is 12.8. The SMILES string of the molecule is CCCN(CC(=O)Nc1cc(C(C)(C)C)nn1-c1ccccc1Cl)C(=O)C(C)C. The van der Waals surface area contributed by atoms with Crippen molar-refractivity contribution in [3.05, 3.63) is 41.0 Å². The van der Waals surface area contributed by atoms with E-state index in [4.69, 9.17) is 11.6 Å². The molecular weight excluding hydrogens is 388 g/mol. The number of hydrogen-bond donors (Lipinski definition) is 1. The Morgan fingerprint density at radius 3 is 2.45 bits per heavy atom. The van der Waals surface area contributed by atoms with Crippen LogP contribution in [-0.4, -0.2) is 39.6 Å². The van der Waals surface area contributed by atoms with Crippen LogP contribution in [0.5, 0.6) is 0 Å². The van der Waals surface area contributed by atoms with E-state index in [1.807, 2.05) is 45.0 Å². The van der Waals surface area contributed by atoms with Crippen LogP contribution in [-0.2, 0) is 15.0 Å². The summed E-state index contributed by atoms with van der Waals surface area (Å²) in [6.45, 7) is 12.4. The number of aromatic nitrogens is 2. The third kappa shape index (κ3) is 5.82. The number of nitrogens with one attached hydrogen (secondary N) is 1. The van der Waals surface area contributed by atoms with Crippen LogP contribution in [0.2, 0.25) is 5.02 Å². The van der Waals surface area contributed by atoms with E-state index in [0.29, 0.717) is 23.1 Å². The molecule has 0 fully saturated rings. The molecule has 1 N–H and O–H groups in total. The van der Waals surface area contributed by atoms with Crippen LogP contribution < -0.4 is 5.32 Å². The van der Waals surface area contributed by atoms with Crippen molar-refractivity contribution in [3.63, 3.8) is 0 Å². The maximum atomic E-state index is 12.8. The molecule has 1 heterocycles. The first-order valence-electron chi connectivity index (χ1n) is 9.98. The minimum atomic E-state index is -0.263. The molecule has 29 heavy (non-hydrogen) atoms. The summed E-state index contributed by atoms with van der Waals surface area (Å²) >= 11 is 6.37. The molecule has 2 aromatic rings. The van der Waals surface area contributed by atoms with Crippen molar-refractivity contribution in [3.8, 4) is 5.69 Å². The molecule has 158 valence electrons. The number of halogens is 1. The van der Waals surface area contributed by atoms with Crippen molar-refractivity contribution in [2.45, 2.75) is 53.4 Å². The van der Waals surface area contributed by atoms with Crippen LogP contribution >= 0.6 is 11.6 Å². The molecule has 0 radical (unpaired) electrons. The minimum Gasteiger partial charge on any atom is -0.333 e. The quantitative estimate of drug-likeness (QED) is 0.711. The van der Waals surface area contributed by atoms with Gasteiger partial charge in [-0.1, -0.05) is 65.3 Å². The maximum Gasteiger partial charge on any atom is 0.245 e. The summed E-state index contributed by atoms with van der Waals surface area (Å²) in [4.78, 5) is 26.8. The van der Waals surface area contributed by atoms with Gasteiger partial charge in [0, 0.05) is 23.9 Å². The normalized spacial score (nSPS) is 11.6. The zero-order chi connectivity index (χ0) is 21.8. The van der Waals surface area contributed by atoms with Gasteiger partial charge in [-0.2, -0.15) is 5.10 Å². The second-order valence-corrected chi connectivity index (χ2v) is 8.90. The third-order valence-electron chi connectivity index (χ3n) is 4.46. The average molecular weight is 419 g/mol. The number of carbonyl (C=O) groups excluding carboxylic acids is 2. The molecule has 0 aliphatic carbocycles. The molecule has 0 saturated heterocycles. The summed E-state index contributed by atoms with van der Waals surface area (Å²) in [6, 6.07) is 9.21. The van der Waals surface area contributed by atoms with E-state index in [1.165, 1.54) is 0 Å². The predicted octanol–water partition coefficient (Wildman–Crippen LogP) is 4.66. The van der Waals surface area contributed by atoms with Crippen molar-refractivity contribution >= 4 is 29.2 Å². The van der Waals surface area contributed by atoms with Gasteiger partial charge < -0.3 is 10.2 Å². The Labute approximate surface area is 178 Å². The smallest absolute Gasteiger partial charge is 0.245 e. The largest absolute Gasteiger partial charge is 0.333 e. The van der Waals surface area contributed by atoms with E-state index >= 15 is 0 Å². The van der Waals surface area contributed by atoms with Gasteiger partial charge in [0.2, 0.25) is 11.8 Å². The Bertz CT molecular complexity index is 868. The van der Waals surface area contributed by atoms with Crippen LogP contribution in [0.3, 0.4) is 0 Å². The van der Waals surface area contributed by atoms with Crippen molar-refractivity contribution in [1.82, 2.24) is 14.7 Å². The van der Waals surface area contributed by atoms with Crippen LogP contribution in [0.25, 0.3) is 5.69 Å². The molecular formula is C22H31ClN4O2. The fourth-order valence-electron chi connectivity index (χ4n) is 2.90. The van der Waals surface area contributed by atoms with E-state index in [0.717, 1.165) is 12.1 Å². The van der Waals surface area contributed by atoms with E-state index in [2.05, 4.69) is 31.2 Å². The molecule has 0 atom stereocenters. The van der Waals surface area contributed by atoms with Gasteiger partial charge in [-0.05, 0) is 18.6 Å². The van der Waals surface area contributed by atoms with Gasteiger partial charge in [-0.3, -0.25) is 9.59 Å². The van der Waals surface area contributed by atoms with Crippen molar-refractivity contribution in [2.24, 2.45) is 5.92 Å². The Morgan fingerprint density at radius 2 is 1.90 bits per heavy atom. The average Bonchev–Trinajstić information content (AvgIpc) is 3.04. The first kappa shape index (κ1) is 22.9. The summed E-state index contributed by atoms with van der Waals surface area (Å²) in [5.74, 6) is 0.0788. The topological polar surface area (TPSA) is 67.2 Å². The molecule has 0 saturated carbocycles. The lowest BCUT2D eigenvalue weighted by Gasteiger charge is -2.23. The molecule has 0 unspecified atom stereocenters. The van der Waals surface area contributed by atoms with Crippen molar-refractivity contribution in [1.29, 1.82) is 0 Å². The number of hydrogen-bond acceptors (Lipinski definition) is 3. The number of amides is 2. The number of anilines is 1. The minimum absolute atomic E-state index is 0.00338. The van der Waals surface area contributed by atoms with Gasteiger partial charge in [-0.25, -0.2) is 4.68 Å².